The first-order chi connectivity index (χ1) is 12.5. The molecule has 8 heteroatoms. The third-order valence-corrected chi connectivity index (χ3v) is 4.16. The van der Waals surface area contributed by atoms with Gasteiger partial charge in [0.15, 0.2) is 5.96 Å². The second kappa shape index (κ2) is 11.8. The molecule has 1 aromatic carbocycles. The number of aliphatic imine (C=N–C) groups is 1. The zero-order chi connectivity index (χ0) is 18.9. The molecule has 0 aromatic heterocycles. The van der Waals surface area contributed by atoms with Crippen LogP contribution in [0.4, 0.5) is 5.69 Å². The Kier molecular flexibility index (Phi) is 10.1. The largest absolute Gasteiger partial charge is 0.357 e. The average molecular weight is 487 g/mol. The van der Waals surface area contributed by atoms with Crippen molar-refractivity contribution < 1.29 is 9.59 Å². The fourth-order valence-corrected chi connectivity index (χ4v) is 2.78. The van der Waals surface area contributed by atoms with Crippen molar-refractivity contribution in [3.8, 4) is 0 Å². The molecule has 7 nitrogen and oxygen atoms in total. The molecule has 0 saturated heterocycles. The van der Waals surface area contributed by atoms with E-state index in [1.54, 1.807) is 0 Å². The van der Waals surface area contributed by atoms with Crippen LogP contribution in [0.3, 0.4) is 0 Å². The first-order valence-electron chi connectivity index (χ1n) is 9.20. The number of nitrogens with zero attached hydrogens (tertiary/aromatic N) is 1. The smallest absolute Gasteiger partial charge is 0.225 e. The molecule has 0 spiro atoms. The van der Waals surface area contributed by atoms with Crippen LogP contribution < -0.4 is 21.3 Å². The summed E-state index contributed by atoms with van der Waals surface area (Å²) in [4.78, 5) is 28.1. The molecule has 1 unspecified atom stereocenters. The van der Waals surface area contributed by atoms with E-state index in [0.717, 1.165) is 17.8 Å². The number of halogens is 1. The summed E-state index contributed by atoms with van der Waals surface area (Å²) < 4.78 is 0. The highest BCUT2D eigenvalue weighted by Crippen LogP contribution is 2.31. The number of hydrogen-bond donors (Lipinski definition) is 4. The van der Waals surface area contributed by atoms with Crippen LogP contribution in [0.1, 0.15) is 38.7 Å². The van der Waals surface area contributed by atoms with Gasteiger partial charge in [0.1, 0.15) is 0 Å². The highest BCUT2D eigenvalue weighted by Gasteiger charge is 2.24. The van der Waals surface area contributed by atoms with Crippen LogP contribution in [0.15, 0.2) is 29.3 Å². The number of rotatable bonds is 7. The number of carbonyl (C=O) groups excluding carboxylic acids is 2. The lowest BCUT2D eigenvalue weighted by Crippen LogP contribution is -2.42. The van der Waals surface area contributed by atoms with Crippen LogP contribution in [0.5, 0.6) is 0 Å². The summed E-state index contributed by atoms with van der Waals surface area (Å²) in [5.74, 6) is 0.803. The van der Waals surface area contributed by atoms with E-state index >= 15 is 0 Å². The Morgan fingerprint density at radius 3 is 2.63 bits per heavy atom. The van der Waals surface area contributed by atoms with Crippen molar-refractivity contribution >= 4 is 47.4 Å². The van der Waals surface area contributed by atoms with Gasteiger partial charge in [-0.25, -0.2) is 0 Å². The maximum Gasteiger partial charge on any atom is 0.225 e. The summed E-state index contributed by atoms with van der Waals surface area (Å²) in [6, 6.07) is 7.86. The maximum absolute atomic E-state index is 11.9. The third kappa shape index (κ3) is 7.36. The number of para-hydroxylation sites is 1. The second-order valence-electron chi connectivity index (χ2n) is 6.63. The fraction of sp³-hybridized carbons (Fsp3) is 0.526. The molecule has 2 amide bonds. The lowest BCUT2D eigenvalue weighted by Gasteiger charge is -2.24. The number of guanidine groups is 1. The summed E-state index contributed by atoms with van der Waals surface area (Å²) in [5, 5.41) is 12.2. The monoisotopic (exact) mass is 487 g/mol. The highest BCUT2D eigenvalue weighted by atomic mass is 127. The van der Waals surface area contributed by atoms with Crippen LogP contribution in [0, 0.1) is 5.92 Å². The van der Waals surface area contributed by atoms with Crippen LogP contribution in [-0.2, 0) is 9.59 Å². The zero-order valence-corrected chi connectivity index (χ0v) is 18.5. The highest BCUT2D eigenvalue weighted by molar-refractivity contribution is 14.0. The molecule has 1 atom stereocenters. The molecule has 1 heterocycles. The van der Waals surface area contributed by atoms with Crippen LogP contribution in [-0.4, -0.2) is 44.0 Å². The van der Waals surface area contributed by atoms with Gasteiger partial charge < -0.3 is 21.3 Å². The SMILES string of the molecule is CCNC(=NCC1CC(=O)Nc2ccccc21)NCCNC(=O)C(C)C.I. The summed E-state index contributed by atoms with van der Waals surface area (Å²) in [7, 11) is 0. The summed E-state index contributed by atoms with van der Waals surface area (Å²) >= 11 is 0. The van der Waals surface area contributed by atoms with E-state index in [1.807, 2.05) is 45.0 Å². The van der Waals surface area contributed by atoms with Gasteiger partial charge in [0.25, 0.3) is 0 Å². The molecule has 0 radical (unpaired) electrons. The van der Waals surface area contributed by atoms with E-state index in [1.165, 1.54) is 0 Å². The van der Waals surface area contributed by atoms with E-state index in [9.17, 15) is 9.59 Å². The van der Waals surface area contributed by atoms with Gasteiger partial charge in [0.2, 0.25) is 11.8 Å². The Bertz CT molecular complexity index is 663. The number of carbonyl (C=O) groups is 2. The Morgan fingerprint density at radius 2 is 1.93 bits per heavy atom. The molecule has 0 bridgehead atoms. The molecule has 1 aliphatic heterocycles. The van der Waals surface area contributed by atoms with Crippen molar-refractivity contribution in [2.75, 3.05) is 31.5 Å². The molecule has 150 valence electrons. The first-order valence-corrected chi connectivity index (χ1v) is 9.20. The van der Waals surface area contributed by atoms with Crippen LogP contribution in [0.25, 0.3) is 0 Å². The Morgan fingerprint density at radius 1 is 1.22 bits per heavy atom. The topological polar surface area (TPSA) is 94.6 Å². The van der Waals surface area contributed by atoms with Gasteiger partial charge in [0, 0.05) is 43.6 Å². The number of nitrogens with one attached hydrogen (secondary N) is 4. The van der Waals surface area contributed by atoms with Crippen LogP contribution in [0.2, 0.25) is 0 Å². The molecular formula is C19H30IN5O2. The average Bonchev–Trinajstić information content (AvgIpc) is 2.62. The molecule has 1 aromatic rings. The molecular weight excluding hydrogens is 457 g/mol. The Hall–Kier alpha value is -1.84. The minimum atomic E-state index is -0.0191. The van der Waals surface area contributed by atoms with Crippen molar-refractivity contribution in [1.29, 1.82) is 0 Å². The minimum Gasteiger partial charge on any atom is -0.357 e. The predicted molar refractivity (Wildman–Crippen MR) is 120 cm³/mol. The van der Waals surface area contributed by atoms with Gasteiger partial charge in [-0.1, -0.05) is 32.0 Å². The number of amides is 2. The summed E-state index contributed by atoms with van der Waals surface area (Å²) in [6.45, 7) is 8.13. The van der Waals surface area contributed by atoms with Crippen LogP contribution >= 0.6 is 24.0 Å². The zero-order valence-electron chi connectivity index (χ0n) is 16.2. The quantitative estimate of drug-likeness (QED) is 0.205. The normalized spacial score (nSPS) is 16.1. The lowest BCUT2D eigenvalue weighted by molar-refractivity contribution is -0.124. The number of hydrogen-bond acceptors (Lipinski definition) is 3. The molecule has 4 N–H and O–H groups in total. The van der Waals surface area contributed by atoms with Crippen molar-refractivity contribution in [2.24, 2.45) is 10.9 Å². The van der Waals surface area contributed by atoms with E-state index < -0.39 is 0 Å². The van der Waals surface area contributed by atoms with E-state index in [4.69, 9.17) is 0 Å². The van der Waals surface area contributed by atoms with E-state index in [0.29, 0.717) is 32.0 Å². The molecule has 1 aliphatic rings. The Balaban J connectivity index is 0.00000364. The summed E-state index contributed by atoms with van der Waals surface area (Å²) in [6.07, 6.45) is 0.435. The second-order valence-corrected chi connectivity index (χ2v) is 6.63. The van der Waals surface area contributed by atoms with Crippen molar-refractivity contribution in [3.63, 3.8) is 0 Å². The molecule has 0 aliphatic carbocycles. The molecule has 27 heavy (non-hydrogen) atoms. The van der Waals surface area contributed by atoms with Gasteiger partial charge in [-0.05, 0) is 18.6 Å². The number of anilines is 1. The van der Waals surface area contributed by atoms with Gasteiger partial charge >= 0.3 is 0 Å². The summed E-state index contributed by atoms with van der Waals surface area (Å²) in [5.41, 5.74) is 1.99. The molecule has 0 saturated carbocycles. The third-order valence-electron chi connectivity index (χ3n) is 4.16. The minimum absolute atomic E-state index is 0. The van der Waals surface area contributed by atoms with E-state index in [2.05, 4.69) is 26.3 Å². The van der Waals surface area contributed by atoms with Gasteiger partial charge in [-0.3, -0.25) is 14.6 Å². The van der Waals surface area contributed by atoms with Gasteiger partial charge in [-0.2, -0.15) is 0 Å². The van der Waals surface area contributed by atoms with E-state index in [-0.39, 0.29) is 47.6 Å². The Labute approximate surface area is 178 Å². The molecule has 2 rings (SSSR count). The first kappa shape index (κ1) is 23.2. The maximum atomic E-state index is 11.9. The lowest BCUT2D eigenvalue weighted by atomic mass is 9.91. The van der Waals surface area contributed by atoms with Crippen molar-refractivity contribution in [3.05, 3.63) is 29.8 Å². The number of fused-ring (bicyclic) bond motifs is 1. The predicted octanol–water partition coefficient (Wildman–Crippen LogP) is 2.06. The molecule has 0 fully saturated rings. The van der Waals surface area contributed by atoms with Gasteiger partial charge in [0.05, 0.1) is 6.54 Å². The standard InChI is InChI=1S/C19H29N5O2.HI/c1-4-20-19(22-10-9-21-18(26)13(2)3)23-12-14-11-17(25)24-16-8-6-5-7-15(14)16;/h5-8,13-14H,4,9-12H2,1-3H3,(H,21,26)(H,24,25)(H2,20,22,23);1H. The fourth-order valence-electron chi connectivity index (χ4n) is 2.78. The van der Waals surface area contributed by atoms with Crippen molar-refractivity contribution in [1.82, 2.24) is 16.0 Å². The van der Waals surface area contributed by atoms with Crippen molar-refractivity contribution in [2.45, 2.75) is 33.1 Å². The number of benzene rings is 1. The van der Waals surface area contributed by atoms with Gasteiger partial charge in [-0.15, -0.1) is 24.0 Å².